The number of hydrogen-bond donors (Lipinski definition) is 0. The smallest absolute Gasteiger partial charge is 0.132 e. The maximum absolute atomic E-state index is 13.7. The molecule has 0 fully saturated rings. The fourth-order valence-corrected chi connectivity index (χ4v) is 1.77. The van der Waals surface area contributed by atoms with Gasteiger partial charge in [0, 0.05) is 11.1 Å². The van der Waals surface area contributed by atoms with Gasteiger partial charge >= 0.3 is 0 Å². The highest BCUT2D eigenvalue weighted by Gasteiger charge is 2.18. The molecule has 0 saturated carbocycles. The molecule has 0 aromatic heterocycles. The summed E-state index contributed by atoms with van der Waals surface area (Å²) in [7, 11) is 0. The summed E-state index contributed by atoms with van der Waals surface area (Å²) in [6.07, 6.45) is 0. The molecule has 0 unspecified atom stereocenters. The average molecular weight is 249 g/mol. The number of benzene rings is 1. The van der Waals surface area contributed by atoms with Gasteiger partial charge in [-0.3, -0.25) is 0 Å². The van der Waals surface area contributed by atoms with Crippen molar-refractivity contribution in [1.29, 1.82) is 0 Å². The van der Waals surface area contributed by atoms with Gasteiger partial charge in [-0.1, -0.05) is 32.9 Å². The van der Waals surface area contributed by atoms with Crippen molar-refractivity contribution >= 4 is 23.2 Å². The van der Waals surface area contributed by atoms with Crippen molar-refractivity contribution in [3.63, 3.8) is 0 Å². The topological polar surface area (TPSA) is 0 Å². The molecule has 0 saturated heterocycles. The predicted molar refractivity (Wildman–Crippen MR) is 64.2 cm³/mol. The Morgan fingerprint density at radius 3 is 1.73 bits per heavy atom. The van der Waals surface area contributed by atoms with E-state index >= 15 is 0 Å². The van der Waals surface area contributed by atoms with Crippen LogP contribution in [0.25, 0.3) is 0 Å². The lowest BCUT2D eigenvalue weighted by molar-refractivity contribution is 0.573. The third-order valence-electron chi connectivity index (χ3n) is 2.38. The molecule has 0 heterocycles. The molecule has 15 heavy (non-hydrogen) atoms. The zero-order valence-electron chi connectivity index (χ0n) is 9.20. The van der Waals surface area contributed by atoms with Gasteiger partial charge in [-0.25, -0.2) is 4.39 Å². The van der Waals surface area contributed by atoms with Crippen LogP contribution < -0.4 is 0 Å². The second-order valence-corrected chi connectivity index (χ2v) is 5.16. The lowest BCUT2D eigenvalue weighted by Gasteiger charge is -2.21. The monoisotopic (exact) mass is 248 g/mol. The minimum Gasteiger partial charge on any atom is -0.206 e. The van der Waals surface area contributed by atoms with Crippen LogP contribution in [0.2, 0.25) is 0 Å². The summed E-state index contributed by atoms with van der Waals surface area (Å²) < 4.78 is 13.7. The van der Waals surface area contributed by atoms with E-state index in [1.165, 1.54) is 0 Å². The summed E-state index contributed by atoms with van der Waals surface area (Å²) in [5, 5.41) is 0. The molecule has 1 rings (SSSR count). The minimum atomic E-state index is -0.270. The van der Waals surface area contributed by atoms with Crippen LogP contribution in [0.1, 0.15) is 37.5 Å². The first-order valence-corrected chi connectivity index (χ1v) is 5.90. The Labute approximate surface area is 100 Å². The maximum Gasteiger partial charge on any atom is 0.132 e. The van der Waals surface area contributed by atoms with Crippen molar-refractivity contribution in [3.8, 4) is 0 Å². The van der Waals surface area contributed by atoms with E-state index in [2.05, 4.69) is 20.8 Å². The van der Waals surface area contributed by atoms with Crippen molar-refractivity contribution in [3.05, 3.63) is 34.6 Å². The van der Waals surface area contributed by atoms with Crippen molar-refractivity contribution in [1.82, 2.24) is 0 Å². The second kappa shape index (κ2) is 4.71. The highest BCUT2D eigenvalue weighted by Crippen LogP contribution is 2.28. The molecule has 0 aliphatic heterocycles. The van der Waals surface area contributed by atoms with E-state index in [1.807, 2.05) is 12.1 Å². The molecule has 1 aromatic rings. The maximum atomic E-state index is 13.7. The van der Waals surface area contributed by atoms with Gasteiger partial charge < -0.3 is 0 Å². The molecule has 0 bridgehead atoms. The molecule has 0 atom stereocenters. The van der Waals surface area contributed by atoms with Crippen molar-refractivity contribution in [2.45, 2.75) is 37.9 Å². The van der Waals surface area contributed by atoms with Gasteiger partial charge in [-0.15, -0.1) is 23.2 Å². The Hall–Kier alpha value is -0.270. The summed E-state index contributed by atoms with van der Waals surface area (Å²) in [5.41, 5.74) is 2.10. The van der Waals surface area contributed by atoms with Crippen LogP contribution in [0.15, 0.2) is 12.1 Å². The third kappa shape index (κ3) is 2.85. The van der Waals surface area contributed by atoms with Crippen LogP contribution in [0.5, 0.6) is 0 Å². The van der Waals surface area contributed by atoms with Crippen molar-refractivity contribution < 1.29 is 4.39 Å². The van der Waals surface area contributed by atoms with Gasteiger partial charge in [-0.05, 0) is 11.0 Å². The lowest BCUT2D eigenvalue weighted by Crippen LogP contribution is -2.13. The van der Waals surface area contributed by atoms with E-state index < -0.39 is 0 Å². The minimum absolute atomic E-state index is 0.0185. The van der Waals surface area contributed by atoms with Gasteiger partial charge in [0.05, 0.1) is 11.8 Å². The summed E-state index contributed by atoms with van der Waals surface area (Å²) in [6, 6.07) is 3.64. The molecular formula is C12H15Cl2F. The summed E-state index contributed by atoms with van der Waals surface area (Å²) in [5.74, 6) is 0.0900. The Morgan fingerprint density at radius 2 is 1.47 bits per heavy atom. The first kappa shape index (κ1) is 12.8. The first-order chi connectivity index (χ1) is 6.90. The standard InChI is InChI=1S/C12H15Cl2F/c1-12(2,3)10-4-8(6-13)11(15)9(5-10)7-14/h4-5H,6-7H2,1-3H3. The highest BCUT2D eigenvalue weighted by molar-refractivity contribution is 6.17. The fourth-order valence-electron chi connectivity index (χ4n) is 1.38. The van der Waals surface area contributed by atoms with Crippen molar-refractivity contribution in [2.24, 2.45) is 0 Å². The average Bonchev–Trinajstić information content (AvgIpc) is 2.16. The summed E-state index contributed by atoms with van der Waals surface area (Å²) >= 11 is 11.4. The number of hydrogen-bond acceptors (Lipinski definition) is 0. The Bertz CT molecular complexity index is 328. The molecular weight excluding hydrogens is 234 g/mol. The highest BCUT2D eigenvalue weighted by atomic mass is 35.5. The SMILES string of the molecule is CC(C)(C)c1cc(CCl)c(F)c(CCl)c1. The van der Waals surface area contributed by atoms with E-state index in [9.17, 15) is 4.39 Å². The van der Waals surface area contributed by atoms with Crippen LogP contribution in [0, 0.1) is 5.82 Å². The fraction of sp³-hybridized carbons (Fsp3) is 0.500. The molecule has 0 radical (unpaired) electrons. The molecule has 0 amide bonds. The predicted octanol–water partition coefficient (Wildman–Crippen LogP) is 4.60. The zero-order valence-corrected chi connectivity index (χ0v) is 10.7. The number of alkyl halides is 2. The zero-order chi connectivity index (χ0) is 11.6. The van der Waals surface area contributed by atoms with E-state index in [1.54, 1.807) is 0 Å². The molecule has 84 valence electrons. The van der Waals surface area contributed by atoms with Gasteiger partial charge in [-0.2, -0.15) is 0 Å². The van der Waals surface area contributed by atoms with E-state index in [-0.39, 0.29) is 23.0 Å². The molecule has 0 N–H and O–H groups in total. The van der Waals surface area contributed by atoms with Crippen LogP contribution >= 0.6 is 23.2 Å². The van der Waals surface area contributed by atoms with Gasteiger partial charge in [0.1, 0.15) is 5.82 Å². The molecule has 3 heteroatoms. The van der Waals surface area contributed by atoms with E-state index in [0.29, 0.717) is 11.1 Å². The Morgan fingerprint density at radius 1 is 1.07 bits per heavy atom. The Balaban J connectivity index is 3.33. The van der Waals surface area contributed by atoms with Crippen LogP contribution in [0.4, 0.5) is 4.39 Å². The van der Waals surface area contributed by atoms with Gasteiger partial charge in [0.2, 0.25) is 0 Å². The Kier molecular flexibility index (Phi) is 4.02. The lowest BCUT2D eigenvalue weighted by atomic mass is 9.85. The largest absolute Gasteiger partial charge is 0.206 e. The second-order valence-electron chi connectivity index (χ2n) is 4.63. The van der Waals surface area contributed by atoms with Crippen LogP contribution in [0.3, 0.4) is 0 Å². The first-order valence-electron chi connectivity index (χ1n) is 4.84. The normalized spacial score (nSPS) is 11.9. The molecule has 0 nitrogen and oxygen atoms in total. The molecule has 0 aliphatic carbocycles. The summed E-state index contributed by atoms with van der Waals surface area (Å²) in [6.45, 7) is 6.24. The van der Waals surface area contributed by atoms with Gasteiger partial charge in [0.15, 0.2) is 0 Å². The molecule has 1 aromatic carbocycles. The van der Waals surface area contributed by atoms with E-state index in [0.717, 1.165) is 5.56 Å². The molecule has 0 spiro atoms. The third-order valence-corrected chi connectivity index (χ3v) is 2.95. The quantitative estimate of drug-likeness (QED) is 0.672. The number of rotatable bonds is 2. The van der Waals surface area contributed by atoms with E-state index in [4.69, 9.17) is 23.2 Å². The van der Waals surface area contributed by atoms with Crippen molar-refractivity contribution in [2.75, 3.05) is 0 Å². The molecule has 0 aliphatic rings. The van der Waals surface area contributed by atoms with Crippen LogP contribution in [-0.4, -0.2) is 0 Å². The number of halogens is 3. The van der Waals surface area contributed by atoms with Gasteiger partial charge in [0.25, 0.3) is 0 Å². The summed E-state index contributed by atoms with van der Waals surface area (Å²) in [4.78, 5) is 0. The van der Waals surface area contributed by atoms with Crippen LogP contribution in [-0.2, 0) is 17.2 Å².